The summed E-state index contributed by atoms with van der Waals surface area (Å²) in [5.74, 6) is 0.750. The van der Waals surface area contributed by atoms with E-state index in [1.165, 1.54) is 6.07 Å². The maximum absolute atomic E-state index is 12.7. The number of rotatable bonds is 4. The summed E-state index contributed by atoms with van der Waals surface area (Å²) >= 11 is 0. The van der Waals surface area contributed by atoms with Crippen LogP contribution in [0.25, 0.3) is 0 Å². The summed E-state index contributed by atoms with van der Waals surface area (Å²) in [7, 11) is 0. The minimum atomic E-state index is -4.39. The fourth-order valence-electron chi connectivity index (χ4n) is 4.29. The maximum atomic E-state index is 12.7. The molecule has 1 aromatic rings. The molecule has 0 aromatic carbocycles. The van der Waals surface area contributed by atoms with Gasteiger partial charge in [-0.2, -0.15) is 13.2 Å². The molecule has 0 bridgehead atoms. The van der Waals surface area contributed by atoms with Crippen molar-refractivity contribution in [1.82, 2.24) is 15.2 Å². The Morgan fingerprint density at radius 1 is 1.00 bits per heavy atom. The number of nitrogens with one attached hydrogen (secondary N) is 1. The fraction of sp³-hybridized carbons (Fsp3) is 0.667. The van der Waals surface area contributed by atoms with Gasteiger partial charge in [0, 0.05) is 44.3 Å². The summed E-state index contributed by atoms with van der Waals surface area (Å²) in [6.45, 7) is 2.51. The standard InChI is InChI=1S/C21H27F3N4O2/c22-21(23,24)16-5-6-18(25-12-16)27-10-7-17(8-11-27)26-19(29)15-2-1-9-28(13-15)20(30)14-3-4-14/h5-6,12,14-15,17H,1-4,7-11,13H2,(H,26,29). The highest BCUT2D eigenvalue weighted by Gasteiger charge is 2.37. The minimum absolute atomic E-state index is 0.00871. The molecule has 4 rings (SSSR count). The second-order valence-electron chi connectivity index (χ2n) is 8.57. The van der Waals surface area contributed by atoms with Gasteiger partial charge in [-0.3, -0.25) is 9.59 Å². The van der Waals surface area contributed by atoms with Gasteiger partial charge < -0.3 is 15.1 Å². The Hall–Kier alpha value is -2.32. The van der Waals surface area contributed by atoms with E-state index in [2.05, 4.69) is 10.3 Å². The predicted octanol–water partition coefficient (Wildman–Crippen LogP) is 2.83. The number of halogens is 3. The number of amides is 2. The number of piperidine rings is 2. The topological polar surface area (TPSA) is 65.5 Å². The highest BCUT2D eigenvalue weighted by Crippen LogP contribution is 2.33. The van der Waals surface area contributed by atoms with Gasteiger partial charge in [0.2, 0.25) is 11.8 Å². The molecule has 1 aliphatic carbocycles. The number of hydrogen-bond acceptors (Lipinski definition) is 4. The third-order valence-electron chi connectivity index (χ3n) is 6.27. The van der Waals surface area contributed by atoms with Crippen LogP contribution in [-0.4, -0.2) is 53.9 Å². The molecular formula is C21H27F3N4O2. The van der Waals surface area contributed by atoms with Crippen LogP contribution in [0.3, 0.4) is 0 Å². The number of carbonyl (C=O) groups excluding carboxylic acids is 2. The number of likely N-dealkylation sites (tertiary alicyclic amines) is 1. The average Bonchev–Trinajstić information content (AvgIpc) is 3.59. The van der Waals surface area contributed by atoms with Gasteiger partial charge in [-0.25, -0.2) is 4.98 Å². The fourth-order valence-corrected chi connectivity index (χ4v) is 4.29. The summed E-state index contributed by atoms with van der Waals surface area (Å²) in [5.41, 5.74) is -0.755. The molecule has 1 atom stereocenters. The van der Waals surface area contributed by atoms with E-state index in [0.717, 1.165) is 44.5 Å². The van der Waals surface area contributed by atoms with Crippen LogP contribution >= 0.6 is 0 Å². The molecule has 1 unspecified atom stereocenters. The third kappa shape index (κ3) is 4.87. The van der Waals surface area contributed by atoms with Gasteiger partial charge in [-0.15, -0.1) is 0 Å². The molecule has 30 heavy (non-hydrogen) atoms. The molecule has 2 amide bonds. The van der Waals surface area contributed by atoms with E-state index in [4.69, 9.17) is 0 Å². The first kappa shape index (κ1) is 20.9. The highest BCUT2D eigenvalue weighted by molar-refractivity contribution is 5.83. The zero-order valence-corrected chi connectivity index (χ0v) is 16.8. The number of carbonyl (C=O) groups is 2. The van der Waals surface area contributed by atoms with Gasteiger partial charge >= 0.3 is 6.18 Å². The Kier molecular flexibility index (Phi) is 5.88. The van der Waals surface area contributed by atoms with Crippen molar-refractivity contribution in [3.05, 3.63) is 23.9 Å². The van der Waals surface area contributed by atoms with Crippen molar-refractivity contribution in [2.75, 3.05) is 31.1 Å². The van der Waals surface area contributed by atoms with Crippen molar-refractivity contribution in [3.63, 3.8) is 0 Å². The Morgan fingerprint density at radius 3 is 2.33 bits per heavy atom. The summed E-state index contributed by atoms with van der Waals surface area (Å²) in [6.07, 6.45) is 1.50. The Bertz CT molecular complexity index is 771. The first-order valence-corrected chi connectivity index (χ1v) is 10.7. The number of aromatic nitrogens is 1. The second-order valence-corrected chi connectivity index (χ2v) is 8.57. The summed E-state index contributed by atoms with van der Waals surface area (Å²) < 4.78 is 38.0. The van der Waals surface area contributed by atoms with Crippen LogP contribution in [-0.2, 0) is 15.8 Å². The van der Waals surface area contributed by atoms with E-state index in [0.29, 0.717) is 38.3 Å². The summed E-state index contributed by atoms with van der Waals surface area (Å²) in [5, 5.41) is 3.12. The van der Waals surface area contributed by atoms with E-state index in [-0.39, 0.29) is 29.7 Å². The molecule has 2 aliphatic heterocycles. The molecule has 1 saturated carbocycles. The van der Waals surface area contributed by atoms with Gasteiger partial charge in [0.05, 0.1) is 11.5 Å². The van der Waals surface area contributed by atoms with Crippen LogP contribution in [0.5, 0.6) is 0 Å². The molecule has 3 fully saturated rings. The van der Waals surface area contributed by atoms with Crippen molar-refractivity contribution < 1.29 is 22.8 Å². The Morgan fingerprint density at radius 2 is 1.73 bits per heavy atom. The molecule has 2 saturated heterocycles. The van der Waals surface area contributed by atoms with Gasteiger partial charge in [-0.1, -0.05) is 0 Å². The SMILES string of the molecule is O=C(NC1CCN(c2ccc(C(F)(F)F)cn2)CC1)C1CCCN(C(=O)C2CC2)C1. The number of pyridine rings is 1. The molecular weight excluding hydrogens is 397 g/mol. The molecule has 3 heterocycles. The highest BCUT2D eigenvalue weighted by atomic mass is 19.4. The maximum Gasteiger partial charge on any atom is 0.417 e. The summed E-state index contributed by atoms with van der Waals surface area (Å²) in [6, 6.07) is 2.49. The molecule has 1 N–H and O–H groups in total. The van der Waals surface area contributed by atoms with E-state index in [1.807, 2.05) is 9.80 Å². The lowest BCUT2D eigenvalue weighted by Gasteiger charge is -2.36. The van der Waals surface area contributed by atoms with E-state index < -0.39 is 11.7 Å². The van der Waals surface area contributed by atoms with Crippen LogP contribution in [0.4, 0.5) is 19.0 Å². The normalized spacial score (nSPS) is 23.4. The molecule has 9 heteroatoms. The first-order valence-electron chi connectivity index (χ1n) is 10.7. The van der Waals surface area contributed by atoms with Crippen molar-refractivity contribution in [2.24, 2.45) is 11.8 Å². The predicted molar refractivity (Wildman–Crippen MR) is 105 cm³/mol. The van der Waals surface area contributed by atoms with Crippen molar-refractivity contribution >= 4 is 17.6 Å². The van der Waals surface area contributed by atoms with Crippen LogP contribution in [0, 0.1) is 11.8 Å². The lowest BCUT2D eigenvalue weighted by atomic mass is 9.95. The molecule has 0 spiro atoms. The quantitative estimate of drug-likeness (QED) is 0.807. The molecule has 164 valence electrons. The van der Waals surface area contributed by atoms with Crippen LogP contribution in [0.15, 0.2) is 18.3 Å². The van der Waals surface area contributed by atoms with Crippen LogP contribution < -0.4 is 10.2 Å². The van der Waals surface area contributed by atoms with Crippen LogP contribution in [0.1, 0.15) is 44.1 Å². The zero-order chi connectivity index (χ0) is 21.3. The van der Waals surface area contributed by atoms with Crippen LogP contribution in [0.2, 0.25) is 0 Å². The molecule has 6 nitrogen and oxygen atoms in total. The van der Waals surface area contributed by atoms with Crippen molar-refractivity contribution in [3.8, 4) is 0 Å². The summed E-state index contributed by atoms with van der Waals surface area (Å²) in [4.78, 5) is 32.8. The monoisotopic (exact) mass is 424 g/mol. The number of hydrogen-bond donors (Lipinski definition) is 1. The Labute approximate surface area is 173 Å². The molecule has 1 aromatic heterocycles. The number of anilines is 1. The van der Waals surface area contributed by atoms with Gasteiger partial charge in [0.1, 0.15) is 5.82 Å². The van der Waals surface area contributed by atoms with Gasteiger partial charge in [0.25, 0.3) is 0 Å². The van der Waals surface area contributed by atoms with Gasteiger partial charge in [-0.05, 0) is 50.7 Å². The molecule has 3 aliphatic rings. The van der Waals surface area contributed by atoms with E-state index in [9.17, 15) is 22.8 Å². The van der Waals surface area contributed by atoms with Crippen molar-refractivity contribution in [1.29, 1.82) is 0 Å². The minimum Gasteiger partial charge on any atom is -0.356 e. The number of alkyl halides is 3. The second kappa shape index (κ2) is 8.43. The lowest BCUT2D eigenvalue weighted by molar-refractivity contribution is -0.138. The smallest absolute Gasteiger partial charge is 0.356 e. The zero-order valence-electron chi connectivity index (χ0n) is 16.8. The van der Waals surface area contributed by atoms with E-state index in [1.54, 1.807) is 0 Å². The largest absolute Gasteiger partial charge is 0.417 e. The number of nitrogens with zero attached hydrogens (tertiary/aromatic N) is 3. The molecule has 0 radical (unpaired) electrons. The average molecular weight is 424 g/mol. The first-order chi connectivity index (χ1) is 14.3. The van der Waals surface area contributed by atoms with E-state index >= 15 is 0 Å². The third-order valence-corrected chi connectivity index (χ3v) is 6.27. The lowest BCUT2D eigenvalue weighted by Crippen LogP contribution is -2.50. The Balaban J connectivity index is 1.25. The van der Waals surface area contributed by atoms with Crippen molar-refractivity contribution in [2.45, 2.75) is 50.7 Å². The van der Waals surface area contributed by atoms with Gasteiger partial charge in [0.15, 0.2) is 0 Å².